The minimum Gasteiger partial charge on any atom is -0.300 e. The number of nitrogens with zero attached hydrogens (tertiary/aromatic N) is 2. The highest BCUT2D eigenvalue weighted by molar-refractivity contribution is 7.80. The fourth-order valence-electron chi connectivity index (χ4n) is 0.801. The van der Waals surface area contributed by atoms with E-state index in [1.54, 1.807) is 6.20 Å². The number of rotatable bonds is 2. The van der Waals surface area contributed by atoms with E-state index in [1.165, 1.54) is 0 Å². The smallest absolute Gasteiger partial charge is 0.201 e. The molecule has 0 bridgehead atoms. The van der Waals surface area contributed by atoms with Crippen molar-refractivity contribution in [1.82, 2.24) is 15.8 Å². The van der Waals surface area contributed by atoms with Crippen LogP contribution in [0.15, 0.2) is 29.5 Å². The number of nitrogens with two attached hydrogens (primary N) is 1. The summed E-state index contributed by atoms with van der Waals surface area (Å²) in [7, 11) is 0. The van der Waals surface area contributed by atoms with Gasteiger partial charge >= 0.3 is 0 Å². The third kappa shape index (κ3) is 3.08. The van der Waals surface area contributed by atoms with Gasteiger partial charge in [-0.3, -0.25) is 15.8 Å². The van der Waals surface area contributed by atoms with Crippen LogP contribution in [0.4, 0.5) is 0 Å². The lowest BCUT2D eigenvalue weighted by Gasteiger charge is -2.02. The first-order chi connectivity index (χ1) is 6.74. The Morgan fingerprint density at radius 3 is 2.93 bits per heavy atom. The van der Waals surface area contributed by atoms with Crippen LogP contribution in [0.1, 0.15) is 12.6 Å². The minimum atomic E-state index is 0.264. The molecule has 1 rings (SSSR count). The number of hydrazine groups is 1. The zero-order valence-corrected chi connectivity index (χ0v) is 8.51. The van der Waals surface area contributed by atoms with Gasteiger partial charge in [-0.15, -0.1) is 0 Å². The van der Waals surface area contributed by atoms with Crippen LogP contribution < -0.4 is 16.7 Å². The van der Waals surface area contributed by atoms with Crippen molar-refractivity contribution in [3.8, 4) is 0 Å². The molecule has 14 heavy (non-hydrogen) atoms. The normalized spacial score (nSPS) is 10.9. The molecule has 0 aliphatic heterocycles. The maximum atomic E-state index is 5.06. The second-order valence-corrected chi connectivity index (χ2v) is 2.91. The van der Waals surface area contributed by atoms with Gasteiger partial charge in [0.2, 0.25) is 5.11 Å². The number of nitrogens with one attached hydrogen (secondary N) is 2. The van der Waals surface area contributed by atoms with Crippen molar-refractivity contribution in [2.45, 2.75) is 6.92 Å². The molecule has 6 heteroatoms. The lowest BCUT2D eigenvalue weighted by Crippen LogP contribution is -2.37. The molecule has 1 aromatic rings. The topological polar surface area (TPSA) is 75.3 Å². The summed E-state index contributed by atoms with van der Waals surface area (Å²) in [5, 5.41) is 4.25. The van der Waals surface area contributed by atoms with E-state index in [4.69, 9.17) is 18.1 Å². The summed E-state index contributed by atoms with van der Waals surface area (Å²) in [5.74, 6) is 5.06. The molecule has 0 spiro atoms. The average molecular weight is 209 g/mol. The monoisotopic (exact) mass is 209 g/mol. The van der Waals surface area contributed by atoms with Crippen LogP contribution in [-0.2, 0) is 0 Å². The molecule has 0 radical (unpaired) electrons. The van der Waals surface area contributed by atoms with Gasteiger partial charge in [-0.1, -0.05) is 6.07 Å². The first-order valence-corrected chi connectivity index (χ1v) is 4.37. The van der Waals surface area contributed by atoms with Crippen LogP contribution in [0.2, 0.25) is 0 Å². The Hall–Kier alpha value is -1.53. The van der Waals surface area contributed by atoms with Gasteiger partial charge in [0.05, 0.1) is 11.4 Å². The van der Waals surface area contributed by atoms with Crippen LogP contribution in [0.5, 0.6) is 0 Å². The Balaban J connectivity index is 2.66. The first kappa shape index (κ1) is 10.6. The number of hydrogen-bond donors (Lipinski definition) is 3. The van der Waals surface area contributed by atoms with E-state index in [0.29, 0.717) is 0 Å². The van der Waals surface area contributed by atoms with Gasteiger partial charge in [0.15, 0.2) is 0 Å². The lowest BCUT2D eigenvalue weighted by atomic mass is 10.3. The highest BCUT2D eigenvalue weighted by atomic mass is 32.1. The average Bonchev–Trinajstić information content (AvgIpc) is 2.26. The summed E-state index contributed by atoms with van der Waals surface area (Å²) in [6.45, 7) is 1.83. The first-order valence-electron chi connectivity index (χ1n) is 3.96. The lowest BCUT2D eigenvalue weighted by molar-refractivity contribution is 0.924. The maximum Gasteiger partial charge on any atom is 0.201 e. The van der Waals surface area contributed by atoms with Gasteiger partial charge in [0, 0.05) is 6.20 Å². The Kier molecular flexibility index (Phi) is 3.96. The summed E-state index contributed by atoms with van der Waals surface area (Å²) in [6.07, 6.45) is 1.70. The molecule has 0 aliphatic carbocycles. The second-order valence-electron chi connectivity index (χ2n) is 2.50. The highest BCUT2D eigenvalue weighted by Crippen LogP contribution is 1.94. The third-order valence-corrected chi connectivity index (χ3v) is 1.70. The van der Waals surface area contributed by atoms with Crippen molar-refractivity contribution in [2.75, 3.05) is 0 Å². The number of pyridine rings is 1. The van der Waals surface area contributed by atoms with E-state index >= 15 is 0 Å². The Morgan fingerprint density at radius 2 is 2.36 bits per heavy atom. The van der Waals surface area contributed by atoms with Crippen molar-refractivity contribution in [3.63, 3.8) is 0 Å². The molecule has 0 fully saturated rings. The number of aromatic nitrogens is 1. The van der Waals surface area contributed by atoms with Crippen molar-refractivity contribution in [1.29, 1.82) is 0 Å². The van der Waals surface area contributed by atoms with Gasteiger partial charge in [-0.2, -0.15) is 5.10 Å². The zero-order chi connectivity index (χ0) is 10.4. The molecule has 4 N–H and O–H groups in total. The van der Waals surface area contributed by atoms with E-state index in [9.17, 15) is 0 Å². The van der Waals surface area contributed by atoms with E-state index in [1.807, 2.05) is 25.1 Å². The Bertz CT molecular complexity index is 335. The van der Waals surface area contributed by atoms with E-state index < -0.39 is 0 Å². The highest BCUT2D eigenvalue weighted by Gasteiger charge is 1.96. The van der Waals surface area contributed by atoms with Crippen molar-refractivity contribution in [2.24, 2.45) is 10.9 Å². The summed E-state index contributed by atoms with van der Waals surface area (Å²) in [5.41, 5.74) is 6.37. The molecule has 0 unspecified atom stereocenters. The van der Waals surface area contributed by atoms with Crippen LogP contribution in [0.25, 0.3) is 0 Å². The van der Waals surface area contributed by atoms with Crippen molar-refractivity contribution >= 4 is 23.0 Å². The molecular weight excluding hydrogens is 198 g/mol. The number of hydrogen-bond acceptors (Lipinski definition) is 4. The van der Waals surface area contributed by atoms with Crippen LogP contribution >= 0.6 is 12.2 Å². The zero-order valence-electron chi connectivity index (χ0n) is 7.69. The minimum absolute atomic E-state index is 0.264. The second kappa shape index (κ2) is 5.25. The van der Waals surface area contributed by atoms with Gasteiger partial charge in [-0.05, 0) is 31.3 Å². The predicted molar refractivity (Wildman–Crippen MR) is 59.5 cm³/mol. The molecule has 0 atom stereocenters. The molecule has 1 aromatic heterocycles. The molecule has 0 saturated heterocycles. The summed E-state index contributed by atoms with van der Waals surface area (Å²) in [6, 6.07) is 5.59. The largest absolute Gasteiger partial charge is 0.300 e. The predicted octanol–water partition coefficient (Wildman–Crippen LogP) is 0.143. The molecular formula is C8H11N5S. The summed E-state index contributed by atoms with van der Waals surface area (Å²) < 4.78 is 0. The van der Waals surface area contributed by atoms with Crippen LogP contribution in [-0.4, -0.2) is 15.8 Å². The quantitative estimate of drug-likeness (QED) is 0.280. The summed E-state index contributed by atoms with van der Waals surface area (Å²) in [4.78, 5) is 4.12. The Morgan fingerprint density at radius 1 is 1.57 bits per heavy atom. The SMILES string of the molecule is C/C(=N\NC(=S)NN)c1ccccn1. The molecule has 1 heterocycles. The van der Waals surface area contributed by atoms with Gasteiger partial charge in [-0.25, -0.2) is 5.84 Å². The fraction of sp³-hybridized carbons (Fsp3) is 0.125. The van der Waals surface area contributed by atoms with E-state index in [0.717, 1.165) is 11.4 Å². The van der Waals surface area contributed by atoms with E-state index in [2.05, 4.69) is 20.9 Å². The summed E-state index contributed by atoms with van der Waals surface area (Å²) >= 11 is 4.75. The maximum absolute atomic E-state index is 5.06. The molecule has 74 valence electrons. The molecule has 0 saturated carbocycles. The molecule has 0 aromatic carbocycles. The number of thiocarbonyl (C=S) groups is 1. The van der Waals surface area contributed by atoms with Crippen LogP contribution in [0, 0.1) is 0 Å². The van der Waals surface area contributed by atoms with Gasteiger partial charge < -0.3 is 0 Å². The third-order valence-electron chi connectivity index (χ3n) is 1.49. The molecule has 5 nitrogen and oxygen atoms in total. The Labute approximate surface area is 87.4 Å². The molecule has 0 amide bonds. The number of hydrazone groups is 1. The van der Waals surface area contributed by atoms with Gasteiger partial charge in [0.25, 0.3) is 0 Å². The van der Waals surface area contributed by atoms with Crippen molar-refractivity contribution in [3.05, 3.63) is 30.1 Å². The van der Waals surface area contributed by atoms with Crippen molar-refractivity contribution < 1.29 is 0 Å². The van der Waals surface area contributed by atoms with Crippen LogP contribution in [0.3, 0.4) is 0 Å². The fourth-order valence-corrected chi connectivity index (χ4v) is 0.847. The van der Waals surface area contributed by atoms with Gasteiger partial charge in [0.1, 0.15) is 0 Å². The van der Waals surface area contributed by atoms with E-state index in [-0.39, 0.29) is 5.11 Å². The standard InChI is InChI=1S/C8H11N5S/c1-6(12-13-8(14)11-9)7-4-2-3-5-10-7/h2-5H,9H2,1H3,(H2,11,13,14)/b12-6+. The molecule has 0 aliphatic rings.